The molecule has 0 aliphatic carbocycles. The maximum atomic E-state index is 7.93. The van der Waals surface area contributed by atoms with Crippen LogP contribution in [0.4, 0.5) is 0 Å². The van der Waals surface area contributed by atoms with E-state index in [0.29, 0.717) is 5.71 Å². The molecule has 0 bridgehead atoms. The molecule has 0 saturated heterocycles. The fraction of sp³-hybridized carbons (Fsp3) is 0.348. The van der Waals surface area contributed by atoms with E-state index in [0.717, 1.165) is 11.1 Å². The van der Waals surface area contributed by atoms with Gasteiger partial charge in [-0.1, -0.05) is 63.2 Å². The van der Waals surface area contributed by atoms with Crippen molar-refractivity contribution in [2.75, 3.05) is 0 Å². The van der Waals surface area contributed by atoms with Crippen LogP contribution >= 0.6 is 0 Å². The molecule has 1 N–H and O–H groups in total. The van der Waals surface area contributed by atoms with E-state index in [1.54, 1.807) is 0 Å². The van der Waals surface area contributed by atoms with Gasteiger partial charge >= 0.3 is 0 Å². The summed E-state index contributed by atoms with van der Waals surface area (Å²) in [7, 11) is 0. The van der Waals surface area contributed by atoms with Crippen LogP contribution < -0.4 is 0 Å². The second-order valence-corrected chi connectivity index (χ2v) is 7.64. The van der Waals surface area contributed by atoms with E-state index >= 15 is 0 Å². The second-order valence-electron chi connectivity index (χ2n) is 7.64. The number of aryl methyl sites for hydroxylation is 2. The van der Waals surface area contributed by atoms with Crippen molar-refractivity contribution < 1.29 is 0 Å². The van der Waals surface area contributed by atoms with Gasteiger partial charge in [0.1, 0.15) is 0 Å². The minimum absolute atomic E-state index is 0.171. The molecule has 0 radical (unpaired) electrons. The van der Waals surface area contributed by atoms with Crippen LogP contribution in [0.2, 0.25) is 0 Å². The summed E-state index contributed by atoms with van der Waals surface area (Å²) >= 11 is 0. The molecule has 0 saturated carbocycles. The highest BCUT2D eigenvalue weighted by molar-refractivity contribution is 6.21. The topological polar surface area (TPSA) is 23.9 Å². The van der Waals surface area contributed by atoms with Crippen LogP contribution in [0.25, 0.3) is 16.7 Å². The van der Waals surface area contributed by atoms with E-state index in [4.69, 9.17) is 5.41 Å². The fourth-order valence-electron chi connectivity index (χ4n) is 3.17. The molecular weight excluding hydrogens is 290 g/mol. The molecule has 0 heterocycles. The third-order valence-corrected chi connectivity index (χ3v) is 4.61. The summed E-state index contributed by atoms with van der Waals surface area (Å²) in [6.07, 6.45) is 2.01. The fourth-order valence-corrected chi connectivity index (χ4v) is 3.17. The summed E-state index contributed by atoms with van der Waals surface area (Å²) < 4.78 is 0. The lowest BCUT2D eigenvalue weighted by Gasteiger charge is -2.21. The highest BCUT2D eigenvalue weighted by Crippen LogP contribution is 2.32. The third kappa shape index (κ3) is 3.67. The Hall–Kier alpha value is -2.15. The molecule has 0 fully saturated rings. The van der Waals surface area contributed by atoms with Crippen LogP contribution in [0.15, 0.2) is 42.5 Å². The number of benzene rings is 2. The lowest BCUT2D eigenvalue weighted by atomic mass is 9.84. The van der Waals surface area contributed by atoms with Gasteiger partial charge in [-0.2, -0.15) is 0 Å². The summed E-state index contributed by atoms with van der Waals surface area (Å²) in [6.45, 7) is 14.9. The Labute approximate surface area is 146 Å². The highest BCUT2D eigenvalue weighted by atomic mass is 14.4. The minimum atomic E-state index is 0.171. The Kier molecular flexibility index (Phi) is 5.13. The highest BCUT2D eigenvalue weighted by Gasteiger charge is 2.15. The molecule has 126 valence electrons. The Morgan fingerprint density at radius 3 is 1.88 bits per heavy atom. The van der Waals surface area contributed by atoms with Crippen molar-refractivity contribution in [1.82, 2.24) is 0 Å². The van der Waals surface area contributed by atoms with Gasteiger partial charge in [-0.15, -0.1) is 0 Å². The molecule has 24 heavy (non-hydrogen) atoms. The van der Waals surface area contributed by atoms with E-state index in [-0.39, 0.29) is 5.41 Å². The molecule has 0 aliphatic rings. The van der Waals surface area contributed by atoms with E-state index in [1.807, 2.05) is 19.9 Å². The van der Waals surface area contributed by atoms with Crippen molar-refractivity contribution in [2.24, 2.45) is 0 Å². The van der Waals surface area contributed by atoms with Crippen LogP contribution in [0.5, 0.6) is 0 Å². The zero-order chi connectivity index (χ0) is 18.1. The molecule has 2 rings (SSSR count). The molecule has 0 atom stereocenters. The largest absolute Gasteiger partial charge is 0.305 e. The van der Waals surface area contributed by atoms with Crippen molar-refractivity contribution in [3.05, 3.63) is 64.7 Å². The monoisotopic (exact) mass is 319 g/mol. The molecule has 1 nitrogen and oxygen atoms in total. The number of hydrogen-bond acceptors (Lipinski definition) is 1. The maximum absolute atomic E-state index is 7.93. The van der Waals surface area contributed by atoms with E-state index < -0.39 is 0 Å². The van der Waals surface area contributed by atoms with Crippen molar-refractivity contribution in [1.29, 1.82) is 5.41 Å². The van der Waals surface area contributed by atoms with E-state index in [2.05, 4.69) is 71.0 Å². The first-order chi connectivity index (χ1) is 11.1. The first-order valence-electron chi connectivity index (χ1n) is 8.59. The normalized spacial score (nSPS) is 12.4. The number of allylic oxidation sites excluding steroid dienone is 2. The van der Waals surface area contributed by atoms with Gasteiger partial charge in [-0.25, -0.2) is 0 Å². The Morgan fingerprint density at radius 2 is 1.46 bits per heavy atom. The smallest absolute Gasteiger partial charge is 0.0357 e. The van der Waals surface area contributed by atoms with Gasteiger partial charge in [0.25, 0.3) is 0 Å². The molecular formula is C23H29N. The van der Waals surface area contributed by atoms with E-state index in [9.17, 15) is 0 Å². The average Bonchev–Trinajstić information content (AvgIpc) is 2.47. The molecule has 1 heteroatoms. The van der Waals surface area contributed by atoms with Crippen LogP contribution in [0.1, 0.15) is 56.9 Å². The van der Waals surface area contributed by atoms with Crippen LogP contribution in [0.3, 0.4) is 0 Å². The standard InChI is InChI=1S/C23H29N/c1-8-20(17(4)24)18-9-11-21(15(2)13-18)22-12-10-19(14-16(22)3)23(5,6)7/h8-14,24H,1-7H3/b20-8+,24-17?. The molecule has 0 amide bonds. The summed E-state index contributed by atoms with van der Waals surface area (Å²) in [5.74, 6) is 0. The quantitative estimate of drug-likeness (QED) is 0.608. The molecule has 2 aromatic carbocycles. The van der Waals surface area contributed by atoms with Crippen LogP contribution in [-0.4, -0.2) is 5.71 Å². The summed E-state index contributed by atoms with van der Waals surface area (Å²) in [5, 5.41) is 7.93. The van der Waals surface area contributed by atoms with Gasteiger partial charge in [-0.3, -0.25) is 0 Å². The van der Waals surface area contributed by atoms with Crippen molar-refractivity contribution in [2.45, 2.75) is 53.9 Å². The molecule has 0 spiro atoms. The van der Waals surface area contributed by atoms with Crippen LogP contribution in [-0.2, 0) is 5.41 Å². The zero-order valence-electron chi connectivity index (χ0n) is 16.0. The maximum Gasteiger partial charge on any atom is 0.0357 e. The lowest BCUT2D eigenvalue weighted by Crippen LogP contribution is -2.11. The van der Waals surface area contributed by atoms with Gasteiger partial charge < -0.3 is 5.41 Å². The second kappa shape index (κ2) is 6.76. The Morgan fingerprint density at radius 1 is 0.917 bits per heavy atom. The minimum Gasteiger partial charge on any atom is -0.305 e. The van der Waals surface area contributed by atoms with Gasteiger partial charge in [-0.05, 0) is 72.1 Å². The summed E-state index contributed by atoms with van der Waals surface area (Å²) in [4.78, 5) is 0. The molecule has 0 aromatic heterocycles. The summed E-state index contributed by atoms with van der Waals surface area (Å²) in [6, 6.07) is 13.3. The lowest BCUT2D eigenvalue weighted by molar-refractivity contribution is 0.590. The predicted molar refractivity (Wildman–Crippen MR) is 107 cm³/mol. The SMILES string of the molecule is C/C=C(\C(C)=N)c1ccc(-c2ccc(C(C)(C)C)cc2C)c(C)c1. The van der Waals surface area contributed by atoms with Gasteiger partial charge in [0.15, 0.2) is 0 Å². The first kappa shape index (κ1) is 18.2. The van der Waals surface area contributed by atoms with E-state index in [1.165, 1.54) is 27.8 Å². The zero-order valence-corrected chi connectivity index (χ0v) is 16.0. The van der Waals surface area contributed by atoms with Crippen molar-refractivity contribution >= 4 is 11.3 Å². The van der Waals surface area contributed by atoms with Crippen molar-refractivity contribution in [3.8, 4) is 11.1 Å². The van der Waals surface area contributed by atoms with Gasteiger partial charge in [0, 0.05) is 5.71 Å². The Balaban J connectivity index is 2.49. The molecule has 0 unspecified atom stereocenters. The molecule has 2 aromatic rings. The van der Waals surface area contributed by atoms with Crippen LogP contribution in [0, 0.1) is 19.3 Å². The Bertz CT molecular complexity index is 801. The first-order valence-corrected chi connectivity index (χ1v) is 8.59. The number of nitrogens with one attached hydrogen (secondary N) is 1. The predicted octanol–water partition coefficient (Wildman–Crippen LogP) is 6.71. The summed E-state index contributed by atoms with van der Waals surface area (Å²) in [5.41, 5.74) is 9.40. The van der Waals surface area contributed by atoms with Crippen molar-refractivity contribution in [3.63, 3.8) is 0 Å². The average molecular weight is 319 g/mol. The molecule has 0 aliphatic heterocycles. The van der Waals surface area contributed by atoms with Gasteiger partial charge in [0.2, 0.25) is 0 Å². The number of hydrogen-bond donors (Lipinski definition) is 1. The third-order valence-electron chi connectivity index (χ3n) is 4.61. The number of rotatable bonds is 3. The van der Waals surface area contributed by atoms with Gasteiger partial charge in [0.05, 0.1) is 0 Å².